The standard InChI is InChI=1S/C23H18O4/c1-14(24)16-6-10-18(11-7-16)20-4-3-5-21(22(20)23(26)27)19-12-8-17(9-13-19)15(2)25/h3-13H,1-2H3,(H,26,27). The Hall–Kier alpha value is -3.53. The molecule has 3 rings (SSSR count). The number of carbonyl (C=O) groups excluding carboxylic acids is 2. The van der Waals surface area contributed by atoms with Gasteiger partial charge in [0.1, 0.15) is 0 Å². The minimum absolute atomic E-state index is 0.0423. The van der Waals surface area contributed by atoms with Crippen LogP contribution in [0.15, 0.2) is 66.7 Å². The Morgan fingerprint density at radius 3 is 1.30 bits per heavy atom. The number of hydrogen-bond donors (Lipinski definition) is 1. The van der Waals surface area contributed by atoms with Crippen LogP contribution in [0.4, 0.5) is 0 Å². The predicted molar refractivity (Wildman–Crippen MR) is 104 cm³/mol. The van der Waals surface area contributed by atoms with Gasteiger partial charge in [0.2, 0.25) is 0 Å². The molecule has 3 aromatic rings. The second kappa shape index (κ2) is 7.38. The first-order valence-corrected chi connectivity index (χ1v) is 8.47. The summed E-state index contributed by atoms with van der Waals surface area (Å²) in [6.07, 6.45) is 0. The summed E-state index contributed by atoms with van der Waals surface area (Å²) in [5.74, 6) is -1.12. The van der Waals surface area contributed by atoms with Crippen LogP contribution >= 0.6 is 0 Å². The van der Waals surface area contributed by atoms with E-state index in [0.717, 1.165) is 11.1 Å². The highest BCUT2D eigenvalue weighted by Gasteiger charge is 2.18. The minimum Gasteiger partial charge on any atom is -0.478 e. The highest BCUT2D eigenvalue weighted by molar-refractivity contribution is 6.04. The van der Waals surface area contributed by atoms with Crippen LogP contribution in [0.1, 0.15) is 44.9 Å². The fourth-order valence-corrected chi connectivity index (χ4v) is 3.03. The van der Waals surface area contributed by atoms with Crippen molar-refractivity contribution in [3.8, 4) is 22.3 Å². The topological polar surface area (TPSA) is 71.4 Å². The zero-order chi connectivity index (χ0) is 19.6. The van der Waals surface area contributed by atoms with Gasteiger partial charge in [-0.05, 0) is 36.1 Å². The van der Waals surface area contributed by atoms with Gasteiger partial charge in [-0.15, -0.1) is 0 Å². The summed E-state index contributed by atoms with van der Waals surface area (Å²) in [7, 11) is 0. The van der Waals surface area contributed by atoms with Gasteiger partial charge in [-0.25, -0.2) is 4.79 Å². The van der Waals surface area contributed by atoms with E-state index in [0.29, 0.717) is 22.3 Å². The molecular weight excluding hydrogens is 340 g/mol. The van der Waals surface area contributed by atoms with Crippen LogP contribution in [0.25, 0.3) is 22.3 Å². The van der Waals surface area contributed by atoms with E-state index in [1.165, 1.54) is 13.8 Å². The molecular formula is C23H18O4. The van der Waals surface area contributed by atoms with Crippen LogP contribution in [-0.2, 0) is 0 Å². The molecule has 0 bridgehead atoms. The van der Waals surface area contributed by atoms with Gasteiger partial charge in [-0.2, -0.15) is 0 Å². The molecule has 3 aromatic carbocycles. The average molecular weight is 358 g/mol. The number of hydrogen-bond acceptors (Lipinski definition) is 3. The first-order valence-electron chi connectivity index (χ1n) is 8.47. The van der Waals surface area contributed by atoms with Gasteiger partial charge in [0.25, 0.3) is 0 Å². The lowest BCUT2D eigenvalue weighted by Gasteiger charge is -2.13. The summed E-state index contributed by atoms with van der Waals surface area (Å²) >= 11 is 0. The third-order valence-electron chi connectivity index (χ3n) is 4.48. The van der Waals surface area contributed by atoms with E-state index in [-0.39, 0.29) is 17.1 Å². The van der Waals surface area contributed by atoms with Crippen molar-refractivity contribution in [2.45, 2.75) is 13.8 Å². The van der Waals surface area contributed by atoms with Crippen LogP contribution in [0.2, 0.25) is 0 Å². The molecule has 4 heteroatoms. The number of benzene rings is 3. The average Bonchev–Trinajstić information content (AvgIpc) is 2.67. The number of ketones is 2. The van der Waals surface area contributed by atoms with Crippen LogP contribution in [0.3, 0.4) is 0 Å². The Balaban J connectivity index is 2.14. The number of rotatable bonds is 5. The highest BCUT2D eigenvalue weighted by atomic mass is 16.4. The molecule has 0 aliphatic heterocycles. The minimum atomic E-state index is -1.04. The highest BCUT2D eigenvalue weighted by Crippen LogP contribution is 2.33. The fraction of sp³-hybridized carbons (Fsp3) is 0.0870. The third-order valence-corrected chi connectivity index (χ3v) is 4.48. The molecule has 0 fully saturated rings. The fourth-order valence-electron chi connectivity index (χ4n) is 3.03. The Kier molecular flexibility index (Phi) is 4.99. The van der Waals surface area contributed by atoms with Gasteiger partial charge in [-0.1, -0.05) is 66.7 Å². The van der Waals surface area contributed by atoms with Crippen molar-refractivity contribution in [1.29, 1.82) is 0 Å². The van der Waals surface area contributed by atoms with Crippen molar-refractivity contribution in [1.82, 2.24) is 0 Å². The van der Waals surface area contributed by atoms with Crippen LogP contribution in [0, 0.1) is 0 Å². The maximum atomic E-state index is 12.0. The summed E-state index contributed by atoms with van der Waals surface area (Å²) in [6.45, 7) is 2.98. The summed E-state index contributed by atoms with van der Waals surface area (Å²) < 4.78 is 0. The lowest BCUT2D eigenvalue weighted by Crippen LogP contribution is -2.03. The first kappa shape index (κ1) is 18.3. The number of Topliss-reactive ketones (excluding diaryl/α,β-unsaturated/α-hetero) is 2. The van der Waals surface area contributed by atoms with Gasteiger partial charge >= 0.3 is 5.97 Å². The summed E-state index contributed by atoms with van der Waals surface area (Å²) in [5, 5.41) is 9.85. The zero-order valence-electron chi connectivity index (χ0n) is 15.0. The molecule has 0 radical (unpaired) electrons. The third kappa shape index (κ3) is 3.70. The number of carboxylic acids is 1. The van der Waals surface area contributed by atoms with Crippen molar-refractivity contribution in [3.63, 3.8) is 0 Å². The normalized spacial score (nSPS) is 10.4. The van der Waals surface area contributed by atoms with Gasteiger partial charge in [-0.3, -0.25) is 9.59 Å². The second-order valence-electron chi connectivity index (χ2n) is 6.30. The van der Waals surface area contributed by atoms with Gasteiger partial charge < -0.3 is 5.11 Å². The Morgan fingerprint density at radius 2 is 1.00 bits per heavy atom. The molecule has 0 unspecified atom stereocenters. The molecule has 0 saturated heterocycles. The summed E-state index contributed by atoms with van der Waals surface area (Å²) in [6, 6.07) is 19.1. The Bertz CT molecular complexity index is 953. The quantitative estimate of drug-likeness (QED) is 0.642. The maximum Gasteiger partial charge on any atom is 0.336 e. The molecule has 0 heterocycles. The SMILES string of the molecule is CC(=O)c1ccc(-c2cccc(-c3ccc(C(C)=O)cc3)c2C(=O)O)cc1. The number of carbonyl (C=O) groups is 3. The molecule has 0 spiro atoms. The smallest absolute Gasteiger partial charge is 0.336 e. The molecule has 0 saturated carbocycles. The van der Waals surface area contributed by atoms with Crippen molar-refractivity contribution in [3.05, 3.63) is 83.4 Å². The largest absolute Gasteiger partial charge is 0.478 e. The van der Waals surface area contributed by atoms with Gasteiger partial charge in [0.15, 0.2) is 11.6 Å². The predicted octanol–water partition coefficient (Wildman–Crippen LogP) is 5.12. The molecule has 0 aliphatic rings. The lowest BCUT2D eigenvalue weighted by atomic mass is 9.91. The molecule has 0 atom stereocenters. The Labute approximate surface area is 157 Å². The number of aromatic carboxylic acids is 1. The van der Waals surface area contributed by atoms with E-state index in [4.69, 9.17) is 0 Å². The lowest BCUT2D eigenvalue weighted by molar-refractivity contribution is 0.0698. The summed E-state index contributed by atoms with van der Waals surface area (Å²) in [5.41, 5.74) is 3.93. The molecule has 134 valence electrons. The van der Waals surface area contributed by atoms with Crippen LogP contribution < -0.4 is 0 Å². The van der Waals surface area contributed by atoms with Crippen LogP contribution in [0.5, 0.6) is 0 Å². The molecule has 0 aliphatic carbocycles. The molecule has 0 amide bonds. The van der Waals surface area contributed by atoms with E-state index in [1.807, 2.05) is 0 Å². The van der Waals surface area contributed by atoms with E-state index in [2.05, 4.69) is 0 Å². The van der Waals surface area contributed by atoms with E-state index >= 15 is 0 Å². The molecule has 1 N–H and O–H groups in total. The van der Waals surface area contributed by atoms with Gasteiger partial charge in [0.05, 0.1) is 5.56 Å². The maximum absolute atomic E-state index is 12.0. The zero-order valence-corrected chi connectivity index (χ0v) is 15.0. The molecule has 27 heavy (non-hydrogen) atoms. The number of carboxylic acid groups (broad SMARTS) is 1. The summed E-state index contributed by atoms with van der Waals surface area (Å²) in [4.78, 5) is 35.0. The molecule has 0 aromatic heterocycles. The van der Waals surface area contributed by atoms with Crippen LogP contribution in [-0.4, -0.2) is 22.6 Å². The van der Waals surface area contributed by atoms with E-state index in [9.17, 15) is 19.5 Å². The van der Waals surface area contributed by atoms with E-state index in [1.54, 1.807) is 66.7 Å². The molecule has 4 nitrogen and oxygen atoms in total. The monoisotopic (exact) mass is 358 g/mol. The van der Waals surface area contributed by atoms with Gasteiger partial charge in [0, 0.05) is 11.1 Å². The van der Waals surface area contributed by atoms with Crippen molar-refractivity contribution >= 4 is 17.5 Å². The Morgan fingerprint density at radius 1 is 0.630 bits per heavy atom. The van der Waals surface area contributed by atoms with Crippen molar-refractivity contribution < 1.29 is 19.5 Å². The van der Waals surface area contributed by atoms with Crippen molar-refractivity contribution in [2.24, 2.45) is 0 Å². The van der Waals surface area contributed by atoms with E-state index < -0.39 is 5.97 Å². The second-order valence-corrected chi connectivity index (χ2v) is 6.30. The van der Waals surface area contributed by atoms with Crippen molar-refractivity contribution in [2.75, 3.05) is 0 Å². The first-order chi connectivity index (χ1) is 12.9.